The zero-order valence-electron chi connectivity index (χ0n) is 11.8. The number of hydrogen-bond donors (Lipinski definition) is 0. The van der Waals surface area contributed by atoms with E-state index in [2.05, 4.69) is 6.92 Å². The molecule has 0 amide bonds. The number of aromatic carboxylic acids is 1. The van der Waals surface area contributed by atoms with E-state index in [0.717, 1.165) is 19.3 Å². The topological polar surface area (TPSA) is 57.2 Å². The van der Waals surface area contributed by atoms with Crippen molar-refractivity contribution in [2.24, 2.45) is 0 Å². The van der Waals surface area contributed by atoms with E-state index < -0.39 is 5.97 Å². The SMILES string of the molecule is CCCCCCCC(=O)c1cccc(C(=O)[O-])c1.[Na+]. The molecular formula is C15H19NaO3. The second-order valence-electron chi connectivity index (χ2n) is 4.46. The third-order valence-electron chi connectivity index (χ3n) is 2.93. The molecule has 98 valence electrons. The molecule has 0 aliphatic rings. The van der Waals surface area contributed by atoms with Gasteiger partial charge in [0.25, 0.3) is 0 Å². The normalized spacial score (nSPS) is 9.74. The van der Waals surface area contributed by atoms with Crippen molar-refractivity contribution in [3.8, 4) is 0 Å². The van der Waals surface area contributed by atoms with Crippen molar-refractivity contribution in [2.75, 3.05) is 0 Å². The summed E-state index contributed by atoms with van der Waals surface area (Å²) in [6.07, 6.45) is 5.95. The van der Waals surface area contributed by atoms with Gasteiger partial charge in [-0.15, -0.1) is 0 Å². The molecule has 0 bridgehead atoms. The molecule has 0 saturated carbocycles. The summed E-state index contributed by atoms with van der Waals surface area (Å²) in [5.41, 5.74) is 0.527. The number of hydrogen-bond acceptors (Lipinski definition) is 3. The average Bonchev–Trinajstić information content (AvgIpc) is 2.38. The number of unbranched alkanes of at least 4 members (excludes halogenated alkanes) is 4. The van der Waals surface area contributed by atoms with Crippen LogP contribution in [0.1, 0.15) is 66.2 Å². The minimum atomic E-state index is -1.24. The molecule has 1 aromatic rings. The van der Waals surface area contributed by atoms with Gasteiger partial charge in [0.05, 0.1) is 5.97 Å². The monoisotopic (exact) mass is 270 g/mol. The molecule has 1 aromatic carbocycles. The van der Waals surface area contributed by atoms with Crippen molar-refractivity contribution in [2.45, 2.75) is 45.4 Å². The predicted molar refractivity (Wildman–Crippen MR) is 68.5 cm³/mol. The Balaban J connectivity index is 0.00000324. The number of carboxylic acids is 1. The van der Waals surface area contributed by atoms with Crippen LogP contribution in [0, 0.1) is 0 Å². The molecule has 0 aliphatic heterocycles. The number of carboxylic acid groups (broad SMARTS) is 1. The maximum atomic E-state index is 11.8. The summed E-state index contributed by atoms with van der Waals surface area (Å²) in [4.78, 5) is 22.5. The van der Waals surface area contributed by atoms with Crippen molar-refractivity contribution >= 4 is 11.8 Å². The van der Waals surface area contributed by atoms with Crippen LogP contribution in [0.2, 0.25) is 0 Å². The van der Waals surface area contributed by atoms with Crippen LogP contribution in [-0.4, -0.2) is 11.8 Å². The number of benzene rings is 1. The minimum absolute atomic E-state index is 0. The van der Waals surface area contributed by atoms with Crippen molar-refractivity contribution in [3.63, 3.8) is 0 Å². The van der Waals surface area contributed by atoms with Crippen LogP contribution in [0.25, 0.3) is 0 Å². The molecule has 3 nitrogen and oxygen atoms in total. The average molecular weight is 270 g/mol. The third kappa shape index (κ3) is 6.90. The van der Waals surface area contributed by atoms with E-state index in [9.17, 15) is 14.7 Å². The fraction of sp³-hybridized carbons (Fsp3) is 0.467. The van der Waals surface area contributed by atoms with Gasteiger partial charge in [0.2, 0.25) is 0 Å². The Bertz CT molecular complexity index is 416. The Hall–Kier alpha value is -0.640. The van der Waals surface area contributed by atoms with Crippen molar-refractivity contribution in [3.05, 3.63) is 35.4 Å². The zero-order valence-corrected chi connectivity index (χ0v) is 13.8. The zero-order chi connectivity index (χ0) is 13.4. The molecule has 0 aliphatic carbocycles. The van der Waals surface area contributed by atoms with E-state index in [0.29, 0.717) is 12.0 Å². The summed E-state index contributed by atoms with van der Waals surface area (Å²) in [5.74, 6) is -1.23. The van der Waals surface area contributed by atoms with E-state index in [-0.39, 0.29) is 40.9 Å². The van der Waals surface area contributed by atoms with Crippen LogP contribution >= 0.6 is 0 Å². The smallest absolute Gasteiger partial charge is 0.545 e. The second kappa shape index (κ2) is 10.2. The van der Waals surface area contributed by atoms with Crippen molar-refractivity contribution in [1.29, 1.82) is 0 Å². The Morgan fingerprint density at radius 2 is 1.68 bits per heavy atom. The van der Waals surface area contributed by atoms with Gasteiger partial charge >= 0.3 is 29.6 Å². The molecule has 0 spiro atoms. The van der Waals surface area contributed by atoms with Gasteiger partial charge in [-0.2, -0.15) is 0 Å². The van der Waals surface area contributed by atoms with Crippen molar-refractivity contribution in [1.82, 2.24) is 0 Å². The van der Waals surface area contributed by atoms with Gasteiger partial charge in [-0.25, -0.2) is 0 Å². The molecule has 0 radical (unpaired) electrons. The summed E-state index contributed by atoms with van der Waals surface area (Å²) in [6.45, 7) is 2.15. The van der Waals surface area contributed by atoms with Crippen LogP contribution in [0.5, 0.6) is 0 Å². The third-order valence-corrected chi connectivity index (χ3v) is 2.93. The number of carbonyl (C=O) groups excluding carboxylic acids is 2. The number of rotatable bonds is 8. The van der Waals surface area contributed by atoms with Gasteiger partial charge in [0, 0.05) is 12.0 Å². The van der Waals surface area contributed by atoms with E-state index >= 15 is 0 Å². The van der Waals surface area contributed by atoms with Gasteiger partial charge < -0.3 is 9.90 Å². The summed E-state index contributed by atoms with van der Waals surface area (Å²) in [6, 6.07) is 6.06. The van der Waals surface area contributed by atoms with E-state index in [1.54, 1.807) is 12.1 Å². The first-order chi connectivity index (χ1) is 8.65. The number of Topliss-reactive ketones (excluding diaryl/α,β-unsaturated/α-hetero) is 1. The van der Waals surface area contributed by atoms with Crippen LogP contribution in [0.4, 0.5) is 0 Å². The van der Waals surface area contributed by atoms with Gasteiger partial charge in [0.1, 0.15) is 0 Å². The Labute approximate surface area is 136 Å². The predicted octanol–water partition coefficient (Wildman–Crippen LogP) is -0.403. The molecule has 0 fully saturated rings. The Morgan fingerprint density at radius 1 is 1.05 bits per heavy atom. The number of ketones is 1. The van der Waals surface area contributed by atoms with Crippen molar-refractivity contribution < 1.29 is 44.3 Å². The van der Waals surface area contributed by atoms with Gasteiger partial charge in [-0.05, 0) is 18.1 Å². The summed E-state index contributed by atoms with van der Waals surface area (Å²) >= 11 is 0. The molecule has 0 aromatic heterocycles. The summed E-state index contributed by atoms with van der Waals surface area (Å²) in [7, 11) is 0. The molecule has 0 atom stereocenters. The quantitative estimate of drug-likeness (QED) is 0.367. The fourth-order valence-electron chi connectivity index (χ4n) is 1.85. The van der Waals surface area contributed by atoms with Gasteiger partial charge in [-0.1, -0.05) is 50.8 Å². The first-order valence-corrected chi connectivity index (χ1v) is 6.49. The van der Waals surface area contributed by atoms with Gasteiger partial charge in [0.15, 0.2) is 5.78 Å². The molecule has 4 heteroatoms. The molecular weight excluding hydrogens is 251 g/mol. The van der Waals surface area contributed by atoms with Crippen LogP contribution in [0.3, 0.4) is 0 Å². The summed E-state index contributed by atoms with van der Waals surface area (Å²) < 4.78 is 0. The van der Waals surface area contributed by atoms with Crippen LogP contribution in [0.15, 0.2) is 24.3 Å². The fourth-order valence-corrected chi connectivity index (χ4v) is 1.85. The van der Waals surface area contributed by atoms with Crippen LogP contribution in [-0.2, 0) is 0 Å². The number of carbonyl (C=O) groups is 2. The molecule has 0 N–H and O–H groups in total. The molecule has 1 rings (SSSR count). The van der Waals surface area contributed by atoms with E-state index in [1.807, 2.05) is 0 Å². The van der Waals surface area contributed by atoms with Gasteiger partial charge in [-0.3, -0.25) is 4.79 Å². The first kappa shape index (κ1) is 18.4. The molecule has 0 heterocycles. The van der Waals surface area contributed by atoms with E-state index in [4.69, 9.17) is 0 Å². The largest absolute Gasteiger partial charge is 1.00 e. The minimum Gasteiger partial charge on any atom is -0.545 e. The second-order valence-corrected chi connectivity index (χ2v) is 4.46. The van der Waals surface area contributed by atoms with E-state index in [1.165, 1.54) is 25.0 Å². The molecule has 0 unspecified atom stereocenters. The van der Waals surface area contributed by atoms with Crippen LogP contribution < -0.4 is 34.7 Å². The Kier molecular flexibility index (Phi) is 9.84. The Morgan fingerprint density at radius 3 is 2.32 bits per heavy atom. The summed E-state index contributed by atoms with van der Waals surface area (Å²) in [5, 5.41) is 10.7. The standard InChI is InChI=1S/C15H20O3.Na/c1-2-3-4-5-6-10-14(16)12-8-7-9-13(11-12)15(17)18;/h7-9,11H,2-6,10H2,1H3,(H,17,18);/q;+1/p-1. The first-order valence-electron chi connectivity index (χ1n) is 6.49. The maximum Gasteiger partial charge on any atom is 1.00 e. The molecule has 0 saturated heterocycles. The molecule has 19 heavy (non-hydrogen) atoms. The maximum absolute atomic E-state index is 11.8.